The van der Waals surface area contributed by atoms with Crippen LogP contribution >= 0.6 is 27.5 Å². The lowest BCUT2D eigenvalue weighted by Gasteiger charge is -2.06. The zero-order chi connectivity index (χ0) is 13.8. The monoisotopic (exact) mass is 334 g/mol. The third-order valence-electron chi connectivity index (χ3n) is 2.43. The fraction of sp³-hybridized carbons (Fsp3) is 0. The van der Waals surface area contributed by atoms with Crippen LogP contribution in [-0.4, -0.2) is 5.91 Å². The van der Waals surface area contributed by atoms with Gasteiger partial charge in [-0.15, -0.1) is 0 Å². The fourth-order valence-electron chi connectivity index (χ4n) is 1.51. The van der Waals surface area contributed by atoms with Crippen molar-refractivity contribution in [2.24, 2.45) is 0 Å². The van der Waals surface area contributed by atoms with Gasteiger partial charge >= 0.3 is 0 Å². The molecule has 94 valence electrons. The highest BCUT2D eigenvalue weighted by Gasteiger charge is 2.07. The molecular formula is C14H8BrClN2O. The van der Waals surface area contributed by atoms with Gasteiger partial charge in [0.25, 0.3) is 5.91 Å². The molecule has 0 aliphatic heterocycles. The van der Waals surface area contributed by atoms with Crippen molar-refractivity contribution < 1.29 is 4.79 Å². The van der Waals surface area contributed by atoms with Gasteiger partial charge in [0.2, 0.25) is 0 Å². The number of anilines is 1. The van der Waals surface area contributed by atoms with Gasteiger partial charge in [-0.1, -0.05) is 17.7 Å². The molecule has 0 fully saturated rings. The van der Waals surface area contributed by atoms with Gasteiger partial charge < -0.3 is 5.32 Å². The number of hydrogen-bond acceptors (Lipinski definition) is 2. The molecule has 2 aromatic rings. The number of carbonyl (C=O) groups excluding carboxylic acids is 1. The van der Waals surface area contributed by atoms with E-state index in [0.717, 1.165) is 4.47 Å². The summed E-state index contributed by atoms with van der Waals surface area (Å²) in [5, 5.41) is 12.0. The van der Waals surface area contributed by atoms with Gasteiger partial charge in [-0.3, -0.25) is 4.79 Å². The van der Waals surface area contributed by atoms with E-state index in [4.69, 9.17) is 16.9 Å². The van der Waals surface area contributed by atoms with Crippen LogP contribution in [0.15, 0.2) is 46.9 Å². The van der Waals surface area contributed by atoms with Crippen molar-refractivity contribution in [1.82, 2.24) is 0 Å². The zero-order valence-electron chi connectivity index (χ0n) is 9.65. The van der Waals surface area contributed by atoms with E-state index in [-0.39, 0.29) is 5.91 Å². The van der Waals surface area contributed by atoms with Crippen LogP contribution in [0.4, 0.5) is 5.69 Å². The lowest BCUT2D eigenvalue weighted by Crippen LogP contribution is -2.11. The predicted molar refractivity (Wildman–Crippen MR) is 78.3 cm³/mol. The molecule has 2 rings (SSSR count). The van der Waals surface area contributed by atoms with Crippen LogP contribution in [-0.2, 0) is 0 Å². The molecule has 0 bridgehead atoms. The highest BCUT2D eigenvalue weighted by Crippen LogP contribution is 2.25. The Morgan fingerprint density at radius 1 is 1.26 bits per heavy atom. The summed E-state index contributed by atoms with van der Waals surface area (Å²) in [5.74, 6) is -0.282. The molecule has 1 N–H and O–H groups in total. The Kier molecular flexibility index (Phi) is 4.20. The number of halogens is 2. The number of nitriles is 1. The molecule has 3 nitrogen and oxygen atoms in total. The van der Waals surface area contributed by atoms with Crippen LogP contribution in [0.25, 0.3) is 0 Å². The van der Waals surface area contributed by atoms with Crippen molar-refractivity contribution in [2.45, 2.75) is 0 Å². The van der Waals surface area contributed by atoms with Gasteiger partial charge in [-0.05, 0) is 52.3 Å². The minimum Gasteiger partial charge on any atom is -0.322 e. The van der Waals surface area contributed by atoms with E-state index in [1.165, 1.54) is 6.07 Å². The average Bonchev–Trinajstić information content (AvgIpc) is 2.43. The first-order valence-corrected chi connectivity index (χ1v) is 6.54. The zero-order valence-corrected chi connectivity index (χ0v) is 12.0. The Morgan fingerprint density at radius 3 is 2.74 bits per heavy atom. The SMILES string of the molecule is N#Cc1cccc(C(=O)Nc2ccc(Br)c(Cl)c2)c1. The van der Waals surface area contributed by atoms with E-state index in [9.17, 15) is 4.79 Å². The molecule has 0 saturated carbocycles. The molecule has 0 heterocycles. The summed E-state index contributed by atoms with van der Waals surface area (Å²) in [6.07, 6.45) is 0. The lowest BCUT2D eigenvalue weighted by molar-refractivity contribution is 0.102. The smallest absolute Gasteiger partial charge is 0.255 e. The highest BCUT2D eigenvalue weighted by molar-refractivity contribution is 9.10. The van der Waals surface area contributed by atoms with Crippen molar-refractivity contribution in [3.05, 3.63) is 63.1 Å². The topological polar surface area (TPSA) is 52.9 Å². The number of nitrogens with one attached hydrogen (secondary N) is 1. The van der Waals surface area contributed by atoms with E-state index in [2.05, 4.69) is 21.2 Å². The first kappa shape index (κ1) is 13.6. The summed E-state index contributed by atoms with van der Waals surface area (Å²) in [7, 11) is 0. The second-order valence-corrected chi connectivity index (χ2v) is 5.04. The third kappa shape index (κ3) is 3.34. The number of benzene rings is 2. The van der Waals surface area contributed by atoms with Crippen LogP contribution in [0.3, 0.4) is 0 Å². The van der Waals surface area contributed by atoms with E-state index in [1.807, 2.05) is 6.07 Å². The maximum atomic E-state index is 12.0. The number of rotatable bonds is 2. The van der Waals surface area contributed by atoms with Crippen molar-refractivity contribution in [1.29, 1.82) is 5.26 Å². The van der Waals surface area contributed by atoms with E-state index in [0.29, 0.717) is 21.8 Å². The second-order valence-electron chi connectivity index (χ2n) is 3.78. The van der Waals surface area contributed by atoms with Crippen molar-refractivity contribution in [3.8, 4) is 6.07 Å². The summed E-state index contributed by atoms with van der Waals surface area (Å²) in [6, 6.07) is 13.6. The quantitative estimate of drug-likeness (QED) is 0.893. The van der Waals surface area contributed by atoms with Gasteiger partial charge in [0.05, 0.1) is 16.7 Å². The Balaban J connectivity index is 2.21. The normalized spacial score (nSPS) is 9.74. The second kappa shape index (κ2) is 5.87. The molecule has 19 heavy (non-hydrogen) atoms. The average molecular weight is 336 g/mol. The molecule has 5 heteroatoms. The maximum absolute atomic E-state index is 12.0. The summed E-state index contributed by atoms with van der Waals surface area (Å²) in [5.41, 5.74) is 1.47. The highest BCUT2D eigenvalue weighted by atomic mass is 79.9. The summed E-state index contributed by atoms with van der Waals surface area (Å²) in [4.78, 5) is 12.0. The molecular weight excluding hydrogens is 328 g/mol. The lowest BCUT2D eigenvalue weighted by atomic mass is 10.1. The minimum atomic E-state index is -0.282. The van der Waals surface area contributed by atoms with Gasteiger partial charge in [-0.2, -0.15) is 5.26 Å². The number of carbonyl (C=O) groups is 1. The number of hydrogen-bond donors (Lipinski definition) is 1. The molecule has 0 saturated heterocycles. The molecule has 1 amide bonds. The summed E-state index contributed by atoms with van der Waals surface area (Å²) in [6.45, 7) is 0. The van der Waals surface area contributed by atoms with Gasteiger partial charge in [0, 0.05) is 15.7 Å². The Hall–Kier alpha value is -1.83. The molecule has 0 aliphatic rings. The van der Waals surface area contributed by atoms with Crippen LogP contribution in [0, 0.1) is 11.3 Å². The third-order valence-corrected chi connectivity index (χ3v) is 3.66. The first-order valence-electron chi connectivity index (χ1n) is 5.37. The van der Waals surface area contributed by atoms with Crippen molar-refractivity contribution in [2.75, 3.05) is 5.32 Å². The van der Waals surface area contributed by atoms with E-state index in [1.54, 1.807) is 36.4 Å². The minimum absolute atomic E-state index is 0.282. The Labute approximate surface area is 123 Å². The molecule has 2 aromatic carbocycles. The Morgan fingerprint density at radius 2 is 2.05 bits per heavy atom. The van der Waals surface area contributed by atoms with Crippen LogP contribution in [0.5, 0.6) is 0 Å². The van der Waals surface area contributed by atoms with Crippen LogP contribution < -0.4 is 5.32 Å². The van der Waals surface area contributed by atoms with Gasteiger partial charge in [-0.25, -0.2) is 0 Å². The van der Waals surface area contributed by atoms with Gasteiger partial charge in [0.15, 0.2) is 0 Å². The molecule has 0 unspecified atom stereocenters. The molecule has 0 atom stereocenters. The number of nitrogens with zero attached hydrogens (tertiary/aromatic N) is 1. The standard InChI is InChI=1S/C14H8BrClN2O/c15-12-5-4-11(7-13(12)16)18-14(19)10-3-1-2-9(6-10)8-17/h1-7H,(H,18,19). The van der Waals surface area contributed by atoms with Crippen LogP contribution in [0.2, 0.25) is 5.02 Å². The van der Waals surface area contributed by atoms with Crippen LogP contribution in [0.1, 0.15) is 15.9 Å². The van der Waals surface area contributed by atoms with Crippen molar-refractivity contribution >= 4 is 39.1 Å². The summed E-state index contributed by atoms with van der Waals surface area (Å²) < 4.78 is 0.763. The molecule has 0 spiro atoms. The maximum Gasteiger partial charge on any atom is 0.255 e. The Bertz CT molecular complexity index is 679. The predicted octanol–water partition coefficient (Wildman–Crippen LogP) is 4.23. The fourth-order valence-corrected chi connectivity index (χ4v) is 1.93. The van der Waals surface area contributed by atoms with Gasteiger partial charge in [0.1, 0.15) is 0 Å². The van der Waals surface area contributed by atoms with E-state index >= 15 is 0 Å². The van der Waals surface area contributed by atoms with Crippen molar-refractivity contribution in [3.63, 3.8) is 0 Å². The van der Waals surface area contributed by atoms with E-state index < -0.39 is 0 Å². The molecule has 0 radical (unpaired) electrons. The largest absolute Gasteiger partial charge is 0.322 e. The number of amides is 1. The molecule has 0 aliphatic carbocycles. The summed E-state index contributed by atoms with van der Waals surface area (Å²) >= 11 is 9.23. The molecule has 0 aromatic heterocycles. The first-order chi connectivity index (χ1) is 9.10.